The van der Waals surface area contributed by atoms with E-state index in [-0.39, 0.29) is 5.91 Å². The maximum absolute atomic E-state index is 12.7. The second kappa shape index (κ2) is 7.11. The fourth-order valence-corrected chi connectivity index (χ4v) is 3.81. The van der Waals surface area contributed by atoms with E-state index >= 15 is 0 Å². The number of likely N-dealkylation sites (tertiary alicyclic amines) is 1. The summed E-state index contributed by atoms with van der Waals surface area (Å²) < 4.78 is 5.87. The molecule has 1 aliphatic carbocycles. The van der Waals surface area contributed by atoms with E-state index in [1.807, 2.05) is 29.2 Å². The molecule has 4 rings (SSSR count). The third-order valence-electron chi connectivity index (χ3n) is 5.57. The summed E-state index contributed by atoms with van der Waals surface area (Å²) in [5.74, 6) is 1.04. The van der Waals surface area contributed by atoms with Crippen LogP contribution in [0.2, 0.25) is 0 Å². The number of rotatable bonds is 4. The molecule has 1 saturated carbocycles. The van der Waals surface area contributed by atoms with Crippen LogP contribution < -0.4 is 10.1 Å². The van der Waals surface area contributed by atoms with Gasteiger partial charge in [0.25, 0.3) is 5.91 Å². The number of benzene rings is 1. The van der Waals surface area contributed by atoms with Crippen molar-refractivity contribution < 1.29 is 9.53 Å². The van der Waals surface area contributed by atoms with E-state index in [9.17, 15) is 4.79 Å². The van der Waals surface area contributed by atoms with Gasteiger partial charge in [-0.25, -0.2) is 0 Å². The summed E-state index contributed by atoms with van der Waals surface area (Å²) in [4.78, 5) is 17.3. The molecule has 1 N–H and O–H groups in total. The molecule has 1 unspecified atom stereocenters. The molecule has 0 spiro atoms. The smallest absolute Gasteiger partial charge is 0.253 e. The number of carbonyl (C=O) groups excluding carboxylic acids is 1. The Hall–Kier alpha value is -1.59. The van der Waals surface area contributed by atoms with Crippen LogP contribution in [0.4, 0.5) is 0 Å². The molecule has 2 heterocycles. The molecular formula is C19H27N3O2. The van der Waals surface area contributed by atoms with E-state index < -0.39 is 0 Å². The van der Waals surface area contributed by atoms with Crippen molar-refractivity contribution in [3.63, 3.8) is 0 Å². The quantitative estimate of drug-likeness (QED) is 0.914. The van der Waals surface area contributed by atoms with Crippen LogP contribution in [0.25, 0.3) is 0 Å². The number of amides is 1. The highest BCUT2D eigenvalue weighted by atomic mass is 16.5. The van der Waals surface area contributed by atoms with Crippen molar-refractivity contribution in [2.45, 2.75) is 37.8 Å². The molecule has 24 heavy (non-hydrogen) atoms. The van der Waals surface area contributed by atoms with Crippen molar-refractivity contribution in [2.75, 3.05) is 39.3 Å². The van der Waals surface area contributed by atoms with Crippen LogP contribution in [-0.4, -0.2) is 67.1 Å². The van der Waals surface area contributed by atoms with E-state index in [4.69, 9.17) is 4.74 Å². The SMILES string of the molecule is O=C(c1ccc(OC2CCC2)cc1)N1CCC(N2CCNCC2)C1. The zero-order chi connectivity index (χ0) is 16.4. The molecule has 130 valence electrons. The topological polar surface area (TPSA) is 44.8 Å². The van der Waals surface area contributed by atoms with Gasteiger partial charge < -0.3 is 15.0 Å². The summed E-state index contributed by atoms with van der Waals surface area (Å²) in [6.45, 7) is 6.05. The fraction of sp³-hybridized carbons (Fsp3) is 0.632. The molecule has 5 nitrogen and oxygen atoms in total. The van der Waals surface area contributed by atoms with Crippen molar-refractivity contribution in [1.29, 1.82) is 0 Å². The lowest BCUT2D eigenvalue weighted by molar-refractivity contribution is 0.0773. The normalized spacial score (nSPS) is 25.5. The van der Waals surface area contributed by atoms with Crippen molar-refractivity contribution >= 4 is 5.91 Å². The molecule has 3 fully saturated rings. The number of carbonyl (C=O) groups is 1. The van der Waals surface area contributed by atoms with Gasteiger partial charge in [0, 0.05) is 50.9 Å². The average molecular weight is 329 g/mol. The van der Waals surface area contributed by atoms with E-state index in [0.717, 1.165) is 69.8 Å². The zero-order valence-corrected chi connectivity index (χ0v) is 14.2. The van der Waals surface area contributed by atoms with E-state index in [0.29, 0.717) is 12.1 Å². The predicted octanol–water partition coefficient (Wildman–Crippen LogP) is 1.74. The number of nitrogens with zero attached hydrogens (tertiary/aromatic N) is 2. The van der Waals surface area contributed by atoms with E-state index in [1.54, 1.807) is 0 Å². The minimum atomic E-state index is 0.155. The van der Waals surface area contributed by atoms with Gasteiger partial charge in [-0.1, -0.05) is 0 Å². The van der Waals surface area contributed by atoms with Gasteiger partial charge in [0.05, 0.1) is 6.10 Å². The Morgan fingerprint density at radius 3 is 2.46 bits per heavy atom. The summed E-state index contributed by atoms with van der Waals surface area (Å²) in [6, 6.07) is 8.23. The number of ether oxygens (including phenoxy) is 1. The number of hydrogen-bond acceptors (Lipinski definition) is 4. The molecule has 1 atom stereocenters. The number of nitrogens with one attached hydrogen (secondary N) is 1. The van der Waals surface area contributed by atoms with Crippen LogP contribution in [0.3, 0.4) is 0 Å². The standard InChI is InChI=1S/C19H27N3O2/c23-19(15-4-6-18(7-5-15)24-17-2-1-3-17)22-11-8-16(14-22)21-12-9-20-10-13-21/h4-7,16-17,20H,1-3,8-14H2. The minimum Gasteiger partial charge on any atom is -0.490 e. The molecule has 2 saturated heterocycles. The van der Waals surface area contributed by atoms with Gasteiger partial charge in [-0.15, -0.1) is 0 Å². The Kier molecular flexibility index (Phi) is 4.72. The molecule has 0 radical (unpaired) electrons. The van der Waals surface area contributed by atoms with Crippen molar-refractivity contribution in [1.82, 2.24) is 15.1 Å². The lowest BCUT2D eigenvalue weighted by Crippen LogP contribution is -2.49. The first-order valence-corrected chi connectivity index (χ1v) is 9.30. The molecule has 5 heteroatoms. The van der Waals surface area contributed by atoms with Gasteiger partial charge in [-0.05, 0) is 49.9 Å². The zero-order valence-electron chi connectivity index (χ0n) is 14.2. The Balaban J connectivity index is 1.33. The van der Waals surface area contributed by atoms with Crippen LogP contribution in [0.1, 0.15) is 36.0 Å². The molecule has 1 aromatic rings. The first-order valence-electron chi connectivity index (χ1n) is 9.30. The molecule has 1 amide bonds. The monoisotopic (exact) mass is 329 g/mol. The Morgan fingerprint density at radius 1 is 1.04 bits per heavy atom. The summed E-state index contributed by atoms with van der Waals surface area (Å²) in [6.07, 6.45) is 5.05. The Labute approximate surface area is 144 Å². The summed E-state index contributed by atoms with van der Waals surface area (Å²) >= 11 is 0. The first kappa shape index (κ1) is 15.9. The largest absolute Gasteiger partial charge is 0.490 e. The molecule has 0 bridgehead atoms. The van der Waals surface area contributed by atoms with Crippen molar-refractivity contribution in [2.24, 2.45) is 0 Å². The molecule has 3 aliphatic rings. The fourth-order valence-electron chi connectivity index (χ4n) is 3.81. The van der Waals surface area contributed by atoms with Crippen LogP contribution in [-0.2, 0) is 0 Å². The number of piperazine rings is 1. The minimum absolute atomic E-state index is 0.155. The highest BCUT2D eigenvalue weighted by Gasteiger charge is 2.31. The Bertz CT molecular complexity index is 564. The number of hydrogen-bond donors (Lipinski definition) is 1. The van der Waals surface area contributed by atoms with E-state index in [1.165, 1.54) is 6.42 Å². The van der Waals surface area contributed by atoms with Gasteiger partial charge in [0.15, 0.2) is 0 Å². The predicted molar refractivity (Wildman–Crippen MR) is 93.5 cm³/mol. The second-order valence-corrected chi connectivity index (χ2v) is 7.17. The second-order valence-electron chi connectivity index (χ2n) is 7.17. The van der Waals surface area contributed by atoms with Gasteiger partial charge in [-0.3, -0.25) is 9.69 Å². The van der Waals surface area contributed by atoms with Crippen molar-refractivity contribution in [3.8, 4) is 5.75 Å². The summed E-state index contributed by atoms with van der Waals surface area (Å²) in [7, 11) is 0. The highest BCUT2D eigenvalue weighted by Crippen LogP contribution is 2.26. The maximum Gasteiger partial charge on any atom is 0.253 e. The molecule has 1 aromatic carbocycles. The van der Waals surface area contributed by atoms with Gasteiger partial charge in [-0.2, -0.15) is 0 Å². The van der Waals surface area contributed by atoms with Gasteiger partial charge in [0.2, 0.25) is 0 Å². The van der Waals surface area contributed by atoms with Gasteiger partial charge in [0.1, 0.15) is 5.75 Å². The highest BCUT2D eigenvalue weighted by molar-refractivity contribution is 5.94. The van der Waals surface area contributed by atoms with E-state index in [2.05, 4.69) is 10.2 Å². The summed E-state index contributed by atoms with van der Waals surface area (Å²) in [5.41, 5.74) is 0.775. The third kappa shape index (κ3) is 3.42. The lowest BCUT2D eigenvalue weighted by Gasteiger charge is -2.32. The lowest BCUT2D eigenvalue weighted by atomic mass is 9.96. The molecular weight excluding hydrogens is 302 g/mol. The molecule has 2 aliphatic heterocycles. The van der Waals surface area contributed by atoms with Crippen LogP contribution in [0, 0.1) is 0 Å². The van der Waals surface area contributed by atoms with Crippen molar-refractivity contribution in [3.05, 3.63) is 29.8 Å². The van der Waals surface area contributed by atoms with Crippen LogP contribution >= 0.6 is 0 Å². The molecule has 0 aromatic heterocycles. The maximum atomic E-state index is 12.7. The van der Waals surface area contributed by atoms with Gasteiger partial charge >= 0.3 is 0 Å². The first-order chi connectivity index (χ1) is 11.8. The average Bonchev–Trinajstić information content (AvgIpc) is 3.09. The van der Waals surface area contributed by atoms with Crippen LogP contribution in [0.5, 0.6) is 5.75 Å². The van der Waals surface area contributed by atoms with Crippen LogP contribution in [0.15, 0.2) is 24.3 Å². The third-order valence-corrected chi connectivity index (χ3v) is 5.57. The Morgan fingerprint density at radius 2 is 1.79 bits per heavy atom. The summed E-state index contributed by atoms with van der Waals surface area (Å²) in [5, 5.41) is 3.39.